The monoisotopic (exact) mass is 421 g/mol. The number of nitrogens with zero attached hydrogens (tertiary/aromatic N) is 1. The number of benzene rings is 1. The van der Waals surface area contributed by atoms with E-state index in [1.807, 2.05) is 0 Å². The fourth-order valence-electron chi connectivity index (χ4n) is 3.60. The molecule has 0 saturated carbocycles. The van der Waals surface area contributed by atoms with Gasteiger partial charge in [-0.3, -0.25) is 13.9 Å². The van der Waals surface area contributed by atoms with Crippen molar-refractivity contribution in [1.82, 2.24) is 5.32 Å². The lowest BCUT2D eigenvalue weighted by Crippen LogP contribution is -2.36. The number of hydrogen-bond donors (Lipinski definition) is 2. The summed E-state index contributed by atoms with van der Waals surface area (Å²) in [6.07, 6.45) is 8.05. The van der Waals surface area contributed by atoms with E-state index in [2.05, 4.69) is 16.7 Å². The van der Waals surface area contributed by atoms with Crippen LogP contribution in [0, 0.1) is 0 Å². The Bertz CT molecular complexity index is 911. The Labute approximate surface area is 171 Å². The van der Waals surface area contributed by atoms with Crippen LogP contribution in [0.4, 0.5) is 11.4 Å². The van der Waals surface area contributed by atoms with E-state index in [1.54, 1.807) is 18.2 Å². The first-order chi connectivity index (χ1) is 13.9. The highest BCUT2D eigenvalue weighted by molar-refractivity contribution is 7.93. The van der Waals surface area contributed by atoms with Crippen LogP contribution in [-0.4, -0.2) is 46.2 Å². The van der Waals surface area contributed by atoms with E-state index in [-0.39, 0.29) is 11.5 Å². The van der Waals surface area contributed by atoms with Crippen LogP contribution in [0.5, 0.6) is 5.75 Å². The zero-order chi connectivity index (χ0) is 20.9. The van der Waals surface area contributed by atoms with Gasteiger partial charge in [-0.1, -0.05) is 11.6 Å². The number of nitrogens with one attached hydrogen (secondary N) is 2. The molecule has 1 aromatic rings. The van der Waals surface area contributed by atoms with Crippen molar-refractivity contribution in [2.24, 2.45) is 0 Å². The van der Waals surface area contributed by atoms with Gasteiger partial charge in [0.15, 0.2) is 0 Å². The maximum atomic E-state index is 12.2. The number of carbonyl (C=O) groups is 2. The van der Waals surface area contributed by atoms with Crippen molar-refractivity contribution in [2.45, 2.75) is 38.5 Å². The maximum absolute atomic E-state index is 12.2. The van der Waals surface area contributed by atoms with E-state index in [9.17, 15) is 18.0 Å². The average Bonchev–Trinajstić information content (AvgIpc) is 3.08. The number of ether oxygens (including phenoxy) is 1. The van der Waals surface area contributed by atoms with Gasteiger partial charge in [0.25, 0.3) is 0 Å². The van der Waals surface area contributed by atoms with Crippen molar-refractivity contribution >= 4 is 33.2 Å². The van der Waals surface area contributed by atoms with E-state index in [0.29, 0.717) is 30.9 Å². The quantitative estimate of drug-likeness (QED) is 0.541. The Morgan fingerprint density at radius 2 is 2.00 bits per heavy atom. The van der Waals surface area contributed by atoms with Crippen molar-refractivity contribution in [3.63, 3.8) is 0 Å². The third-order valence-corrected chi connectivity index (χ3v) is 7.01. The number of sulfonamides is 1. The summed E-state index contributed by atoms with van der Waals surface area (Å²) in [7, 11) is -1.89. The molecule has 1 heterocycles. The molecule has 29 heavy (non-hydrogen) atoms. The van der Waals surface area contributed by atoms with Crippen molar-refractivity contribution in [2.75, 3.05) is 35.6 Å². The van der Waals surface area contributed by atoms with Gasteiger partial charge < -0.3 is 15.4 Å². The highest BCUT2D eigenvalue weighted by atomic mass is 32.2. The molecule has 2 N–H and O–H groups in total. The molecule has 1 aromatic carbocycles. The Kier molecular flexibility index (Phi) is 6.79. The van der Waals surface area contributed by atoms with E-state index < -0.39 is 21.8 Å². The Morgan fingerprint density at radius 3 is 2.66 bits per heavy atom. The van der Waals surface area contributed by atoms with Crippen molar-refractivity contribution < 1.29 is 22.7 Å². The lowest BCUT2D eigenvalue weighted by atomic mass is 9.97. The third-order valence-electron chi connectivity index (χ3n) is 5.14. The maximum Gasteiger partial charge on any atom is 0.313 e. The van der Waals surface area contributed by atoms with Gasteiger partial charge >= 0.3 is 11.8 Å². The normalized spacial score (nSPS) is 18.1. The molecule has 9 heteroatoms. The summed E-state index contributed by atoms with van der Waals surface area (Å²) < 4.78 is 30.8. The summed E-state index contributed by atoms with van der Waals surface area (Å²) in [5.41, 5.74) is 2.11. The minimum atomic E-state index is -3.31. The summed E-state index contributed by atoms with van der Waals surface area (Å²) in [5.74, 6) is -1.10. The summed E-state index contributed by atoms with van der Waals surface area (Å²) in [4.78, 5) is 24.3. The minimum Gasteiger partial charge on any atom is -0.494 e. The second-order valence-electron chi connectivity index (χ2n) is 7.19. The lowest BCUT2D eigenvalue weighted by molar-refractivity contribution is -0.136. The summed E-state index contributed by atoms with van der Waals surface area (Å²) in [6, 6.07) is 4.68. The fourth-order valence-corrected chi connectivity index (χ4v) is 5.15. The number of carbonyl (C=O) groups excluding carboxylic acids is 2. The summed E-state index contributed by atoms with van der Waals surface area (Å²) in [6.45, 7) is 0.830. The van der Waals surface area contributed by atoms with Crippen LogP contribution in [0.1, 0.15) is 38.5 Å². The number of hydrogen-bond acceptors (Lipinski definition) is 5. The molecule has 0 atom stereocenters. The molecular formula is C20H27N3O5S. The van der Waals surface area contributed by atoms with Crippen LogP contribution < -0.4 is 19.7 Å². The second kappa shape index (κ2) is 9.30. The first kappa shape index (κ1) is 21.2. The number of rotatable bonds is 6. The van der Waals surface area contributed by atoms with Crippen molar-refractivity contribution in [3.05, 3.63) is 29.8 Å². The molecule has 1 fully saturated rings. The average molecular weight is 422 g/mol. The van der Waals surface area contributed by atoms with Gasteiger partial charge in [0.2, 0.25) is 10.0 Å². The molecule has 2 amide bonds. The van der Waals surface area contributed by atoms with Crippen LogP contribution in [0.3, 0.4) is 0 Å². The fraction of sp³-hybridized carbons (Fsp3) is 0.500. The molecule has 0 bridgehead atoms. The molecule has 1 aliphatic heterocycles. The molecule has 8 nitrogen and oxygen atoms in total. The molecule has 0 radical (unpaired) electrons. The zero-order valence-electron chi connectivity index (χ0n) is 16.6. The highest BCUT2D eigenvalue weighted by Crippen LogP contribution is 2.32. The topological polar surface area (TPSA) is 105 Å². The highest BCUT2D eigenvalue weighted by Gasteiger charge is 2.29. The molecule has 0 unspecified atom stereocenters. The summed E-state index contributed by atoms with van der Waals surface area (Å²) in [5, 5.41) is 5.16. The van der Waals surface area contributed by atoms with Gasteiger partial charge in [-0.25, -0.2) is 8.42 Å². The predicted molar refractivity (Wildman–Crippen MR) is 112 cm³/mol. The van der Waals surface area contributed by atoms with E-state index >= 15 is 0 Å². The van der Waals surface area contributed by atoms with E-state index in [4.69, 9.17) is 4.74 Å². The molecule has 0 spiro atoms. The number of anilines is 2. The van der Waals surface area contributed by atoms with Crippen LogP contribution in [0.2, 0.25) is 0 Å². The van der Waals surface area contributed by atoms with E-state index in [0.717, 1.165) is 19.3 Å². The zero-order valence-corrected chi connectivity index (χ0v) is 17.4. The predicted octanol–water partition coefficient (Wildman–Crippen LogP) is 2.18. The van der Waals surface area contributed by atoms with Gasteiger partial charge in [-0.15, -0.1) is 0 Å². The second-order valence-corrected chi connectivity index (χ2v) is 9.21. The molecular weight excluding hydrogens is 394 g/mol. The first-order valence-electron chi connectivity index (χ1n) is 9.86. The molecule has 0 aromatic heterocycles. The lowest BCUT2D eigenvalue weighted by Gasteiger charge is -2.19. The minimum absolute atomic E-state index is 0.116. The standard InChI is InChI=1S/C20H27N3O5S/c1-28-18-14-16(23-12-5-13-29(23,26)27)8-9-17(18)22-20(25)19(24)21-11-10-15-6-3-2-4-7-15/h6,8-9,14H,2-5,7,10-13H2,1H3,(H,21,24)(H,22,25). The molecule has 1 saturated heterocycles. The number of amides is 2. The van der Waals surface area contributed by atoms with Gasteiger partial charge in [-0.05, 0) is 50.7 Å². The Morgan fingerprint density at radius 1 is 1.17 bits per heavy atom. The van der Waals surface area contributed by atoms with Crippen LogP contribution in [0.25, 0.3) is 0 Å². The summed E-state index contributed by atoms with van der Waals surface area (Å²) >= 11 is 0. The van der Waals surface area contributed by atoms with Crippen LogP contribution >= 0.6 is 0 Å². The molecule has 2 aliphatic rings. The van der Waals surface area contributed by atoms with Gasteiger partial charge in [0.05, 0.1) is 24.2 Å². The molecule has 1 aliphatic carbocycles. The number of methoxy groups -OCH3 is 1. The van der Waals surface area contributed by atoms with Crippen molar-refractivity contribution in [3.8, 4) is 5.75 Å². The molecule has 158 valence electrons. The smallest absolute Gasteiger partial charge is 0.313 e. The number of allylic oxidation sites excluding steroid dienone is 1. The van der Waals surface area contributed by atoms with Gasteiger partial charge in [0, 0.05) is 19.2 Å². The van der Waals surface area contributed by atoms with Gasteiger partial charge in [-0.2, -0.15) is 0 Å². The van der Waals surface area contributed by atoms with Crippen molar-refractivity contribution in [1.29, 1.82) is 0 Å². The Hall–Kier alpha value is -2.55. The largest absolute Gasteiger partial charge is 0.494 e. The van der Waals surface area contributed by atoms with Crippen LogP contribution in [-0.2, 0) is 19.6 Å². The third kappa shape index (κ3) is 5.29. The van der Waals surface area contributed by atoms with Crippen LogP contribution in [0.15, 0.2) is 29.8 Å². The Balaban J connectivity index is 1.59. The first-order valence-corrected chi connectivity index (χ1v) is 11.5. The SMILES string of the molecule is COc1cc(N2CCCS2(=O)=O)ccc1NC(=O)C(=O)NCCC1=CCCCC1. The van der Waals surface area contributed by atoms with E-state index in [1.165, 1.54) is 29.8 Å². The molecule has 3 rings (SSSR count). The van der Waals surface area contributed by atoms with Gasteiger partial charge in [0.1, 0.15) is 5.75 Å².